The summed E-state index contributed by atoms with van der Waals surface area (Å²) in [5.41, 5.74) is 3.89. The number of urea groups is 1. The number of thioether (sulfide) groups is 1. The second-order valence-corrected chi connectivity index (χ2v) is 17.8. The van der Waals surface area contributed by atoms with E-state index in [4.69, 9.17) is 18.9 Å². The van der Waals surface area contributed by atoms with Crippen molar-refractivity contribution in [3.05, 3.63) is 71.3 Å². The highest BCUT2D eigenvalue weighted by atomic mass is 32.2. The average Bonchev–Trinajstić information content (AvgIpc) is 3.97. The van der Waals surface area contributed by atoms with Crippen molar-refractivity contribution < 1.29 is 42.5 Å². The van der Waals surface area contributed by atoms with Gasteiger partial charge in [-0.1, -0.05) is 30.5 Å². The molecule has 352 valence electrons. The molecule has 4 atom stereocenters. The number of hydrogen-bond acceptors (Lipinski definition) is 12. The van der Waals surface area contributed by atoms with Crippen LogP contribution < -0.4 is 31.9 Å². The number of hydrogen-bond donors (Lipinski definition) is 6. The number of ether oxygens (including phenoxy) is 4. The maximum Gasteiger partial charge on any atom is 0.315 e. The molecular weight excluding hydrogens is 844 g/mol. The number of unbranched alkanes of at least 4 members (excludes halogenated alkanes) is 3. The van der Waals surface area contributed by atoms with Gasteiger partial charge in [0.2, 0.25) is 17.7 Å². The summed E-state index contributed by atoms with van der Waals surface area (Å²) in [5, 5.41) is 19.4. The lowest BCUT2D eigenvalue weighted by atomic mass is 10.0. The van der Waals surface area contributed by atoms with E-state index < -0.39 is 0 Å². The number of carbonyl (C=O) groups is 4. The van der Waals surface area contributed by atoms with Crippen LogP contribution in [0.15, 0.2) is 54.4 Å². The van der Waals surface area contributed by atoms with E-state index in [-0.39, 0.29) is 54.2 Å². The number of aryl methyl sites for hydroxylation is 1. The predicted molar refractivity (Wildman–Crippen MR) is 245 cm³/mol. The fraction of sp³-hybridized carbons (Fsp3) is 0.609. The quantitative estimate of drug-likeness (QED) is 0.0512. The number of benzene rings is 2. The van der Waals surface area contributed by atoms with Gasteiger partial charge in [-0.2, -0.15) is 11.8 Å². The Morgan fingerprint density at radius 1 is 0.734 bits per heavy atom. The van der Waals surface area contributed by atoms with Gasteiger partial charge in [-0.05, 0) is 69.0 Å². The monoisotopic (exact) mass is 910 g/mol. The highest BCUT2D eigenvalue weighted by Gasteiger charge is 2.42. The number of fused-ring (bicyclic) bond motifs is 2. The van der Waals surface area contributed by atoms with Crippen molar-refractivity contribution >= 4 is 46.9 Å². The van der Waals surface area contributed by atoms with E-state index in [9.17, 15) is 23.6 Å². The molecule has 4 aliphatic rings. The van der Waals surface area contributed by atoms with Gasteiger partial charge in [-0.3, -0.25) is 14.4 Å². The van der Waals surface area contributed by atoms with Gasteiger partial charge in [0.25, 0.3) is 0 Å². The Labute approximate surface area is 380 Å². The molecule has 0 spiro atoms. The first-order chi connectivity index (χ1) is 31.2. The van der Waals surface area contributed by atoms with Crippen molar-refractivity contribution in [2.75, 3.05) is 96.6 Å². The number of halogens is 1. The van der Waals surface area contributed by atoms with E-state index >= 15 is 0 Å². The number of nitrogens with zero attached hydrogens (tertiary/aromatic N) is 2. The van der Waals surface area contributed by atoms with E-state index in [1.807, 2.05) is 35.7 Å². The van der Waals surface area contributed by atoms with Crippen LogP contribution in [-0.2, 0) is 33.3 Å². The van der Waals surface area contributed by atoms with Gasteiger partial charge in [0.15, 0.2) is 0 Å². The van der Waals surface area contributed by atoms with Crippen LogP contribution in [0.1, 0.15) is 68.9 Å². The van der Waals surface area contributed by atoms with Gasteiger partial charge < -0.3 is 60.6 Å². The first-order valence-corrected chi connectivity index (χ1v) is 24.0. The summed E-state index contributed by atoms with van der Waals surface area (Å²) in [6.45, 7) is 8.13. The zero-order valence-corrected chi connectivity index (χ0v) is 38.0. The number of carbonyl (C=O) groups excluding carboxylic acids is 4. The molecule has 0 saturated carbocycles. The van der Waals surface area contributed by atoms with Crippen molar-refractivity contribution in [3.8, 4) is 0 Å². The maximum atomic E-state index is 13.8. The van der Waals surface area contributed by atoms with Crippen molar-refractivity contribution in [2.24, 2.45) is 0 Å². The largest absolute Gasteiger partial charge is 0.379 e. The summed E-state index contributed by atoms with van der Waals surface area (Å²) in [5.74, 6) is 1.67. The van der Waals surface area contributed by atoms with Gasteiger partial charge in [-0.25, -0.2) is 9.18 Å². The summed E-state index contributed by atoms with van der Waals surface area (Å²) in [7, 11) is 0. The number of amides is 5. The molecule has 64 heavy (non-hydrogen) atoms. The molecule has 3 fully saturated rings. The standard InChI is InChI=1S/C46H67FN8O8S/c1-33-10-16-36(17-11-33)50-45-43(34-12-14-35(47)15-13-34)52-39-31-54(21-22-55(39)45)42(58)9-3-2-6-19-48-41(57)18-23-60-25-27-62-29-30-63-28-26-61-24-20-49-40(56)8-5-4-7-38-44-37(32-64-38)51-46(59)53-44/h10-17,37-39,44,50,52H,2-9,18-32H2,1H3,(H,48,57)(H,49,56)(H2,51,53,59). The van der Waals surface area contributed by atoms with Crippen LogP contribution in [0.5, 0.6) is 0 Å². The SMILES string of the molecule is Cc1ccc(NC2=C(c3ccc(F)cc3)NC3CN(C(=O)CCCCCNC(=O)CCOCCOCCOCCOCCNC(=O)CCCCC4SCC5NC(=O)NC54)CCN23)cc1. The number of anilines is 1. The number of nitrogens with one attached hydrogen (secondary N) is 6. The molecule has 4 aliphatic heterocycles. The minimum absolute atomic E-state index is 0.0281. The molecule has 0 aliphatic carbocycles. The molecule has 4 heterocycles. The molecule has 0 bridgehead atoms. The van der Waals surface area contributed by atoms with Crippen molar-refractivity contribution in [3.63, 3.8) is 0 Å². The molecule has 2 aromatic carbocycles. The van der Waals surface area contributed by atoms with Crippen LogP contribution in [0.3, 0.4) is 0 Å². The van der Waals surface area contributed by atoms with Crippen LogP contribution in [0, 0.1) is 12.7 Å². The van der Waals surface area contributed by atoms with Crippen LogP contribution in [-0.4, -0.2) is 148 Å². The van der Waals surface area contributed by atoms with E-state index in [0.717, 1.165) is 67.0 Å². The molecule has 0 aromatic heterocycles. The first-order valence-electron chi connectivity index (χ1n) is 22.9. The lowest BCUT2D eigenvalue weighted by Gasteiger charge is -2.39. The summed E-state index contributed by atoms with van der Waals surface area (Å²) < 4.78 is 35.9. The molecular formula is C46H67FN8O8S. The lowest BCUT2D eigenvalue weighted by Crippen LogP contribution is -2.56. The zero-order valence-electron chi connectivity index (χ0n) is 37.1. The van der Waals surface area contributed by atoms with Gasteiger partial charge in [0.05, 0.1) is 77.2 Å². The summed E-state index contributed by atoms with van der Waals surface area (Å²) in [4.78, 5) is 53.2. The minimum Gasteiger partial charge on any atom is -0.379 e. The summed E-state index contributed by atoms with van der Waals surface area (Å²) in [6.07, 6.45) is 6.29. The Morgan fingerprint density at radius 3 is 2.16 bits per heavy atom. The van der Waals surface area contributed by atoms with Crippen molar-refractivity contribution in [1.82, 2.24) is 36.4 Å². The molecule has 16 nitrogen and oxygen atoms in total. The molecule has 6 N–H and O–H groups in total. The van der Waals surface area contributed by atoms with Gasteiger partial charge in [0.1, 0.15) is 17.8 Å². The summed E-state index contributed by atoms with van der Waals surface area (Å²) >= 11 is 1.89. The third-order valence-electron chi connectivity index (χ3n) is 11.6. The van der Waals surface area contributed by atoms with Gasteiger partial charge in [-0.15, -0.1) is 0 Å². The van der Waals surface area contributed by atoms with Gasteiger partial charge in [0, 0.05) is 67.7 Å². The Morgan fingerprint density at radius 2 is 1.41 bits per heavy atom. The molecule has 5 amide bonds. The molecule has 2 aromatic rings. The number of rotatable bonds is 29. The van der Waals surface area contributed by atoms with E-state index in [2.05, 4.69) is 48.9 Å². The first kappa shape index (κ1) is 48.8. The molecule has 4 unspecified atom stereocenters. The van der Waals surface area contributed by atoms with Crippen LogP contribution in [0.4, 0.5) is 14.9 Å². The number of piperazine rings is 1. The smallest absolute Gasteiger partial charge is 0.315 e. The van der Waals surface area contributed by atoms with E-state index in [0.29, 0.717) is 104 Å². The molecule has 3 saturated heterocycles. The minimum atomic E-state index is -0.288. The second kappa shape index (κ2) is 26.4. The third kappa shape index (κ3) is 15.8. The highest BCUT2D eigenvalue weighted by molar-refractivity contribution is 8.00. The Bertz CT molecular complexity index is 1830. The van der Waals surface area contributed by atoms with E-state index in [1.165, 1.54) is 17.7 Å². The molecule has 0 radical (unpaired) electrons. The lowest BCUT2D eigenvalue weighted by molar-refractivity contribution is -0.134. The average molecular weight is 911 g/mol. The topological polar surface area (TPSA) is 184 Å². The fourth-order valence-electron chi connectivity index (χ4n) is 8.13. The highest BCUT2D eigenvalue weighted by Crippen LogP contribution is 2.34. The van der Waals surface area contributed by atoms with Crippen molar-refractivity contribution in [1.29, 1.82) is 0 Å². The van der Waals surface area contributed by atoms with E-state index in [1.54, 1.807) is 12.1 Å². The normalized spacial score (nSPS) is 20.1. The Hall–Kier alpha value is -4.62. The van der Waals surface area contributed by atoms with Crippen molar-refractivity contribution in [2.45, 2.75) is 88.2 Å². The van der Waals surface area contributed by atoms with Gasteiger partial charge >= 0.3 is 6.03 Å². The van der Waals surface area contributed by atoms with Crippen LogP contribution >= 0.6 is 11.8 Å². The molecule has 18 heteroatoms. The zero-order chi connectivity index (χ0) is 44.9. The Balaban J connectivity index is 0.691. The van der Waals surface area contributed by atoms with Crippen LogP contribution in [0.25, 0.3) is 5.70 Å². The molecule has 6 rings (SSSR count). The third-order valence-corrected chi connectivity index (χ3v) is 13.2. The summed E-state index contributed by atoms with van der Waals surface area (Å²) in [6, 6.07) is 15.0. The Kier molecular flexibility index (Phi) is 20.1. The van der Waals surface area contributed by atoms with Crippen LogP contribution in [0.2, 0.25) is 0 Å². The fourth-order valence-corrected chi connectivity index (χ4v) is 9.67. The maximum absolute atomic E-state index is 13.8. The predicted octanol–water partition coefficient (Wildman–Crippen LogP) is 3.92. The second-order valence-electron chi connectivity index (χ2n) is 16.5.